The largest absolute Gasteiger partial charge is 0.397 e. The molecule has 8 nitrogen and oxygen atoms in total. The molecule has 2 aromatic rings. The molecule has 1 fully saturated rings. The molecule has 5 N–H and O–H groups in total. The van der Waals surface area contributed by atoms with Crippen LogP contribution in [0.5, 0.6) is 0 Å². The Kier molecular flexibility index (Phi) is 3.71. The highest BCUT2D eigenvalue weighted by molar-refractivity contribution is 6.18. The van der Waals surface area contributed by atoms with E-state index in [-0.39, 0.29) is 5.88 Å². The Hall–Kier alpha value is -1.89. The zero-order chi connectivity index (χ0) is 16.8. The van der Waals surface area contributed by atoms with E-state index in [9.17, 15) is 15.3 Å². The number of aromatic nitrogens is 3. The SMILES string of the molecule is C#C[C@@]1(O)[C@H](O)[C@](CO)(CCl)O[C@H]1n1cnc2c(N)ccnc21. The van der Waals surface area contributed by atoms with Gasteiger partial charge in [0, 0.05) is 6.20 Å². The fourth-order valence-electron chi connectivity index (χ4n) is 2.73. The monoisotopic (exact) mass is 338 g/mol. The Labute approximate surface area is 136 Å². The van der Waals surface area contributed by atoms with Crippen LogP contribution in [0.3, 0.4) is 0 Å². The molecule has 0 radical (unpaired) electrons. The molecule has 0 amide bonds. The van der Waals surface area contributed by atoms with E-state index in [1.54, 1.807) is 6.07 Å². The van der Waals surface area contributed by atoms with Crippen molar-refractivity contribution in [2.75, 3.05) is 18.2 Å². The third-order valence-electron chi connectivity index (χ3n) is 4.11. The number of hydrogen-bond donors (Lipinski definition) is 4. The van der Waals surface area contributed by atoms with Gasteiger partial charge in [-0.05, 0) is 6.07 Å². The van der Waals surface area contributed by atoms with Crippen molar-refractivity contribution in [1.29, 1.82) is 0 Å². The summed E-state index contributed by atoms with van der Waals surface area (Å²) >= 11 is 5.83. The molecule has 9 heteroatoms. The van der Waals surface area contributed by atoms with Crippen LogP contribution in [0.2, 0.25) is 0 Å². The van der Waals surface area contributed by atoms with Crippen LogP contribution in [0.4, 0.5) is 5.69 Å². The highest BCUT2D eigenvalue weighted by Crippen LogP contribution is 2.45. The third kappa shape index (κ3) is 2.02. The number of fused-ring (bicyclic) bond motifs is 1. The van der Waals surface area contributed by atoms with Crippen LogP contribution >= 0.6 is 11.6 Å². The first kappa shape index (κ1) is 16.0. The van der Waals surface area contributed by atoms with Crippen LogP contribution in [0.1, 0.15) is 6.23 Å². The van der Waals surface area contributed by atoms with Crippen LogP contribution in [0, 0.1) is 12.3 Å². The van der Waals surface area contributed by atoms with Crippen molar-refractivity contribution in [1.82, 2.24) is 14.5 Å². The smallest absolute Gasteiger partial charge is 0.199 e. The predicted octanol–water partition coefficient (Wildman–Crippen LogP) is -0.763. The number of terminal acetylenes is 1. The van der Waals surface area contributed by atoms with E-state index >= 15 is 0 Å². The molecule has 4 atom stereocenters. The molecule has 1 aliphatic heterocycles. The number of anilines is 1. The number of hydrogen-bond acceptors (Lipinski definition) is 7. The second-order valence-corrected chi connectivity index (χ2v) is 5.69. The number of aliphatic hydroxyl groups is 3. The fourth-order valence-corrected chi connectivity index (χ4v) is 3.02. The standard InChI is InChI=1S/C14H15ClN4O4/c1-2-14(22)11(21)13(5-15,6-20)23-12(14)19-7-18-9-8(16)3-4-17-10(9)19/h1,3-4,7,11-12,20-22H,5-6H2,(H2,16,17)/t11-,12-,13-,14-/m1/s1. The minimum Gasteiger partial charge on any atom is -0.397 e. The molecule has 23 heavy (non-hydrogen) atoms. The zero-order valence-electron chi connectivity index (χ0n) is 11.9. The van der Waals surface area contributed by atoms with Crippen molar-refractivity contribution in [2.45, 2.75) is 23.5 Å². The Balaban J connectivity index is 2.18. The number of nitrogen functional groups attached to an aromatic ring is 1. The number of nitrogens with two attached hydrogens (primary N) is 1. The van der Waals surface area contributed by atoms with Crippen LogP contribution in [-0.2, 0) is 4.74 Å². The average Bonchev–Trinajstić information content (AvgIpc) is 3.08. The summed E-state index contributed by atoms with van der Waals surface area (Å²) in [5.41, 5.74) is 3.21. The van der Waals surface area contributed by atoms with Crippen molar-refractivity contribution < 1.29 is 20.1 Å². The number of alkyl halides is 1. The summed E-state index contributed by atoms with van der Waals surface area (Å²) in [7, 11) is 0. The highest BCUT2D eigenvalue weighted by atomic mass is 35.5. The number of pyridine rings is 1. The summed E-state index contributed by atoms with van der Waals surface area (Å²) in [6, 6.07) is 1.58. The minimum absolute atomic E-state index is 0.270. The number of imidazole rings is 1. The molecule has 0 aliphatic carbocycles. The molecule has 0 saturated carbocycles. The molecule has 0 spiro atoms. The molecule has 1 saturated heterocycles. The lowest BCUT2D eigenvalue weighted by Gasteiger charge is -2.29. The second-order valence-electron chi connectivity index (χ2n) is 5.42. The molecule has 2 aromatic heterocycles. The van der Waals surface area contributed by atoms with Gasteiger partial charge in [0.15, 0.2) is 17.5 Å². The number of rotatable bonds is 3. The maximum absolute atomic E-state index is 10.7. The van der Waals surface area contributed by atoms with Gasteiger partial charge in [-0.3, -0.25) is 4.57 Å². The predicted molar refractivity (Wildman–Crippen MR) is 82.4 cm³/mol. The summed E-state index contributed by atoms with van der Waals surface area (Å²) in [5, 5.41) is 30.7. The summed E-state index contributed by atoms with van der Waals surface area (Å²) in [6.07, 6.45) is 5.38. The second kappa shape index (κ2) is 5.33. The molecule has 1 aliphatic rings. The number of ether oxygens (including phenoxy) is 1. The molecule has 0 unspecified atom stereocenters. The molecule has 3 rings (SSSR count). The van der Waals surface area contributed by atoms with Gasteiger partial charge in [-0.25, -0.2) is 9.97 Å². The minimum atomic E-state index is -2.13. The number of aliphatic hydroxyl groups excluding tert-OH is 2. The van der Waals surface area contributed by atoms with Gasteiger partial charge in [-0.2, -0.15) is 0 Å². The van der Waals surface area contributed by atoms with Gasteiger partial charge in [0.25, 0.3) is 0 Å². The van der Waals surface area contributed by atoms with Crippen molar-refractivity contribution in [3.05, 3.63) is 18.6 Å². The van der Waals surface area contributed by atoms with Crippen LogP contribution in [0.15, 0.2) is 18.6 Å². The molecule has 0 aromatic carbocycles. The van der Waals surface area contributed by atoms with Gasteiger partial charge in [0.1, 0.15) is 17.2 Å². The average molecular weight is 339 g/mol. The van der Waals surface area contributed by atoms with E-state index in [0.29, 0.717) is 16.9 Å². The van der Waals surface area contributed by atoms with Gasteiger partial charge >= 0.3 is 0 Å². The topological polar surface area (TPSA) is 127 Å². The first-order valence-corrected chi connectivity index (χ1v) is 7.27. The molecular weight excluding hydrogens is 324 g/mol. The van der Waals surface area contributed by atoms with Crippen molar-refractivity contribution in [3.63, 3.8) is 0 Å². The fraction of sp³-hybridized carbons (Fsp3) is 0.429. The summed E-state index contributed by atoms with van der Waals surface area (Å²) < 4.78 is 7.04. The maximum Gasteiger partial charge on any atom is 0.199 e. The van der Waals surface area contributed by atoms with Crippen molar-refractivity contribution >= 4 is 28.5 Å². The van der Waals surface area contributed by atoms with Crippen LogP contribution in [-0.4, -0.2) is 59.6 Å². The molecular formula is C14H15ClN4O4. The van der Waals surface area contributed by atoms with Gasteiger partial charge < -0.3 is 25.8 Å². The normalized spacial score (nSPS) is 33.9. The lowest BCUT2D eigenvalue weighted by molar-refractivity contribution is -0.115. The molecule has 122 valence electrons. The zero-order valence-corrected chi connectivity index (χ0v) is 12.7. The number of nitrogens with zero attached hydrogens (tertiary/aromatic N) is 3. The summed E-state index contributed by atoms with van der Waals surface area (Å²) in [4.78, 5) is 8.28. The Morgan fingerprint density at radius 3 is 2.87 bits per heavy atom. The number of halogens is 1. The van der Waals surface area contributed by atoms with E-state index in [1.807, 2.05) is 0 Å². The summed E-state index contributed by atoms with van der Waals surface area (Å²) in [6.45, 7) is -0.625. The van der Waals surface area contributed by atoms with E-state index in [4.69, 9.17) is 28.5 Å². The quantitative estimate of drug-likeness (QED) is 0.428. The van der Waals surface area contributed by atoms with Gasteiger partial charge in [0.2, 0.25) is 0 Å². The Bertz CT molecular complexity index is 785. The van der Waals surface area contributed by atoms with Gasteiger partial charge in [-0.1, -0.05) is 5.92 Å². The molecule has 3 heterocycles. The first-order chi connectivity index (χ1) is 10.9. The third-order valence-corrected chi connectivity index (χ3v) is 4.56. The Morgan fingerprint density at radius 2 is 2.26 bits per heavy atom. The lowest BCUT2D eigenvalue weighted by atomic mass is 9.88. The molecule has 0 bridgehead atoms. The van der Waals surface area contributed by atoms with Gasteiger partial charge in [-0.15, -0.1) is 18.0 Å². The highest BCUT2D eigenvalue weighted by Gasteiger charge is 2.63. The van der Waals surface area contributed by atoms with Crippen molar-refractivity contribution in [2.24, 2.45) is 0 Å². The van der Waals surface area contributed by atoms with E-state index in [0.717, 1.165) is 0 Å². The Morgan fingerprint density at radius 1 is 1.52 bits per heavy atom. The first-order valence-electron chi connectivity index (χ1n) is 6.73. The van der Waals surface area contributed by atoms with Crippen LogP contribution in [0.25, 0.3) is 11.2 Å². The van der Waals surface area contributed by atoms with E-state index in [2.05, 4.69) is 15.9 Å². The van der Waals surface area contributed by atoms with Crippen molar-refractivity contribution in [3.8, 4) is 12.3 Å². The van der Waals surface area contributed by atoms with Crippen LogP contribution < -0.4 is 5.73 Å². The van der Waals surface area contributed by atoms with E-state index in [1.165, 1.54) is 17.1 Å². The summed E-state index contributed by atoms with van der Waals surface area (Å²) in [5.74, 6) is 1.86. The lowest BCUT2D eigenvalue weighted by Crippen LogP contribution is -2.53. The van der Waals surface area contributed by atoms with E-state index < -0.39 is 30.1 Å². The van der Waals surface area contributed by atoms with Gasteiger partial charge in [0.05, 0.1) is 24.5 Å². The maximum atomic E-state index is 10.7.